The summed E-state index contributed by atoms with van der Waals surface area (Å²) in [5.41, 5.74) is 1.15. The van der Waals surface area contributed by atoms with Crippen molar-refractivity contribution in [3.05, 3.63) is 52.3 Å². The maximum Gasteiger partial charge on any atom is 0.257 e. The number of ether oxygens (including phenoxy) is 1. The number of amides is 1. The van der Waals surface area contributed by atoms with Gasteiger partial charge in [0.25, 0.3) is 5.91 Å². The first-order valence-electron chi connectivity index (χ1n) is 6.11. The number of halogens is 2. The molecule has 0 saturated carbocycles. The van der Waals surface area contributed by atoms with Gasteiger partial charge in [0, 0.05) is 24.0 Å². The number of carbonyl (C=O) groups excluding carboxylic acids is 1. The van der Waals surface area contributed by atoms with Gasteiger partial charge in [0.15, 0.2) is 6.61 Å². The molecule has 20 heavy (non-hydrogen) atoms. The minimum Gasteiger partial charge on any atom is -0.482 e. The molecule has 0 aliphatic carbocycles. The summed E-state index contributed by atoms with van der Waals surface area (Å²) in [4.78, 5) is 14.6. The number of hydrogen-bond donors (Lipinski definition) is 2. The van der Waals surface area contributed by atoms with Crippen molar-refractivity contribution in [2.75, 3.05) is 13.2 Å². The molecule has 1 heterocycles. The second-order valence-corrected chi connectivity index (χ2v) is 5.03. The first-order valence-corrected chi connectivity index (χ1v) is 6.87. The van der Waals surface area contributed by atoms with E-state index in [-0.39, 0.29) is 12.5 Å². The molecule has 4 nitrogen and oxygen atoms in total. The summed E-state index contributed by atoms with van der Waals surface area (Å²) in [6, 6.07) is 6.84. The SMILES string of the molecule is O=C(COc1ccc(Cl)cc1Cl)NCCc1cc[nH]c1. The Morgan fingerprint density at radius 3 is 2.85 bits per heavy atom. The van der Waals surface area contributed by atoms with Crippen molar-refractivity contribution < 1.29 is 9.53 Å². The fourth-order valence-corrected chi connectivity index (χ4v) is 2.11. The first-order chi connectivity index (χ1) is 9.65. The molecule has 2 N–H and O–H groups in total. The van der Waals surface area contributed by atoms with E-state index >= 15 is 0 Å². The standard InChI is InChI=1S/C14H14Cl2N2O2/c15-11-1-2-13(12(16)7-11)20-9-14(19)18-6-4-10-3-5-17-8-10/h1-3,5,7-8,17H,4,6,9H2,(H,18,19). The third-order valence-corrected chi connectivity index (χ3v) is 3.18. The van der Waals surface area contributed by atoms with Crippen molar-refractivity contribution >= 4 is 29.1 Å². The summed E-state index contributed by atoms with van der Waals surface area (Å²) in [5.74, 6) is 0.253. The van der Waals surface area contributed by atoms with Gasteiger partial charge < -0.3 is 15.0 Å². The lowest BCUT2D eigenvalue weighted by Crippen LogP contribution is -2.30. The van der Waals surface area contributed by atoms with Crippen LogP contribution in [-0.2, 0) is 11.2 Å². The van der Waals surface area contributed by atoms with Crippen molar-refractivity contribution in [3.63, 3.8) is 0 Å². The highest BCUT2D eigenvalue weighted by Gasteiger charge is 2.06. The third kappa shape index (κ3) is 4.47. The van der Waals surface area contributed by atoms with Crippen LogP contribution in [0.3, 0.4) is 0 Å². The van der Waals surface area contributed by atoms with Gasteiger partial charge in [-0.2, -0.15) is 0 Å². The molecule has 0 radical (unpaired) electrons. The molecule has 0 aliphatic heterocycles. The molecule has 0 saturated heterocycles. The lowest BCUT2D eigenvalue weighted by atomic mass is 10.2. The quantitative estimate of drug-likeness (QED) is 0.861. The minimum absolute atomic E-state index is 0.0749. The molecule has 106 valence electrons. The van der Waals surface area contributed by atoms with Crippen LogP contribution in [-0.4, -0.2) is 24.0 Å². The number of nitrogens with one attached hydrogen (secondary N) is 2. The van der Waals surface area contributed by atoms with E-state index in [1.165, 1.54) is 0 Å². The second kappa shape index (κ2) is 7.22. The van der Waals surface area contributed by atoms with Gasteiger partial charge in [-0.3, -0.25) is 4.79 Å². The van der Waals surface area contributed by atoms with Crippen LogP contribution in [0, 0.1) is 0 Å². The fraction of sp³-hybridized carbons (Fsp3) is 0.214. The highest BCUT2D eigenvalue weighted by Crippen LogP contribution is 2.27. The molecule has 1 amide bonds. The molecular formula is C14H14Cl2N2O2. The van der Waals surface area contributed by atoms with E-state index in [0.29, 0.717) is 22.3 Å². The average molecular weight is 313 g/mol. The van der Waals surface area contributed by atoms with Crippen LogP contribution < -0.4 is 10.1 Å². The summed E-state index contributed by atoms with van der Waals surface area (Å²) in [5, 5.41) is 3.69. The number of aromatic nitrogens is 1. The number of H-pyrrole nitrogens is 1. The Morgan fingerprint density at radius 2 is 2.15 bits per heavy atom. The Morgan fingerprint density at radius 1 is 1.30 bits per heavy atom. The summed E-state index contributed by atoms with van der Waals surface area (Å²) < 4.78 is 5.33. The molecule has 2 aromatic rings. The lowest BCUT2D eigenvalue weighted by molar-refractivity contribution is -0.123. The highest BCUT2D eigenvalue weighted by atomic mass is 35.5. The number of aromatic amines is 1. The zero-order valence-electron chi connectivity index (χ0n) is 10.7. The fourth-order valence-electron chi connectivity index (χ4n) is 1.65. The number of carbonyl (C=O) groups is 1. The van der Waals surface area contributed by atoms with Crippen LogP contribution in [0.25, 0.3) is 0 Å². The molecule has 0 aliphatic rings. The zero-order chi connectivity index (χ0) is 14.4. The van der Waals surface area contributed by atoms with Gasteiger partial charge in [0.05, 0.1) is 5.02 Å². The molecule has 0 bridgehead atoms. The van der Waals surface area contributed by atoms with Crippen LogP contribution in [0.4, 0.5) is 0 Å². The smallest absolute Gasteiger partial charge is 0.257 e. The molecule has 0 spiro atoms. The van der Waals surface area contributed by atoms with Gasteiger partial charge in [-0.25, -0.2) is 0 Å². The van der Waals surface area contributed by atoms with Gasteiger partial charge in [-0.05, 0) is 36.2 Å². The third-order valence-electron chi connectivity index (χ3n) is 2.65. The van der Waals surface area contributed by atoms with Gasteiger partial charge >= 0.3 is 0 Å². The largest absolute Gasteiger partial charge is 0.482 e. The number of hydrogen-bond acceptors (Lipinski definition) is 2. The summed E-state index contributed by atoms with van der Waals surface area (Å²) in [7, 11) is 0. The number of rotatable bonds is 6. The Hall–Kier alpha value is -1.65. The van der Waals surface area contributed by atoms with Crippen LogP contribution in [0.5, 0.6) is 5.75 Å². The van der Waals surface area contributed by atoms with E-state index in [2.05, 4.69) is 10.3 Å². The Bertz CT molecular complexity index is 571. The number of benzene rings is 1. The van der Waals surface area contributed by atoms with Gasteiger partial charge in [0.1, 0.15) is 5.75 Å². The molecule has 0 atom stereocenters. The van der Waals surface area contributed by atoms with Crippen LogP contribution in [0.1, 0.15) is 5.56 Å². The Kier molecular flexibility index (Phi) is 5.32. The van der Waals surface area contributed by atoms with E-state index in [4.69, 9.17) is 27.9 Å². The van der Waals surface area contributed by atoms with Crippen molar-refractivity contribution in [2.45, 2.75) is 6.42 Å². The maximum absolute atomic E-state index is 11.6. The monoisotopic (exact) mass is 312 g/mol. The summed E-state index contributed by atoms with van der Waals surface area (Å²) in [6.45, 7) is 0.489. The highest BCUT2D eigenvalue weighted by molar-refractivity contribution is 6.35. The minimum atomic E-state index is -0.188. The molecule has 1 aromatic carbocycles. The van der Waals surface area contributed by atoms with E-state index < -0.39 is 0 Å². The average Bonchev–Trinajstić information content (AvgIpc) is 2.91. The summed E-state index contributed by atoms with van der Waals surface area (Å²) in [6.07, 6.45) is 4.52. The van der Waals surface area contributed by atoms with Crippen LogP contribution in [0.15, 0.2) is 36.7 Å². The van der Waals surface area contributed by atoms with Gasteiger partial charge in [-0.1, -0.05) is 23.2 Å². The van der Waals surface area contributed by atoms with E-state index in [1.54, 1.807) is 18.2 Å². The predicted octanol–water partition coefficient (Wildman–Crippen LogP) is 3.06. The van der Waals surface area contributed by atoms with Crippen molar-refractivity contribution in [1.29, 1.82) is 0 Å². The van der Waals surface area contributed by atoms with Crippen molar-refractivity contribution in [1.82, 2.24) is 10.3 Å². The zero-order valence-corrected chi connectivity index (χ0v) is 12.2. The normalized spacial score (nSPS) is 10.3. The van der Waals surface area contributed by atoms with Gasteiger partial charge in [-0.15, -0.1) is 0 Å². The van der Waals surface area contributed by atoms with E-state index in [9.17, 15) is 4.79 Å². The molecule has 0 unspecified atom stereocenters. The molecule has 1 aromatic heterocycles. The van der Waals surface area contributed by atoms with Crippen LogP contribution >= 0.6 is 23.2 Å². The Labute approximate surface area is 127 Å². The van der Waals surface area contributed by atoms with E-state index in [0.717, 1.165) is 12.0 Å². The second-order valence-electron chi connectivity index (χ2n) is 4.18. The first kappa shape index (κ1) is 14.8. The maximum atomic E-state index is 11.6. The van der Waals surface area contributed by atoms with E-state index in [1.807, 2.05) is 18.5 Å². The summed E-state index contributed by atoms with van der Waals surface area (Å²) >= 11 is 11.7. The molecule has 2 rings (SSSR count). The molecule has 6 heteroatoms. The van der Waals surface area contributed by atoms with Gasteiger partial charge in [0.2, 0.25) is 0 Å². The van der Waals surface area contributed by atoms with Crippen molar-refractivity contribution in [3.8, 4) is 5.75 Å². The van der Waals surface area contributed by atoms with Crippen molar-refractivity contribution in [2.24, 2.45) is 0 Å². The predicted molar refractivity (Wildman–Crippen MR) is 79.5 cm³/mol. The topological polar surface area (TPSA) is 54.1 Å². The lowest BCUT2D eigenvalue weighted by Gasteiger charge is -2.08. The molecule has 0 fully saturated rings. The Balaban J connectivity index is 1.72. The molecular weight excluding hydrogens is 299 g/mol. The van der Waals surface area contributed by atoms with Crippen LogP contribution in [0.2, 0.25) is 10.0 Å².